The topological polar surface area (TPSA) is 47.6 Å². The van der Waals surface area contributed by atoms with Gasteiger partial charge in [0.15, 0.2) is 11.5 Å². The van der Waals surface area contributed by atoms with Crippen LogP contribution >= 0.6 is 11.6 Å². The molecule has 0 aromatic heterocycles. The number of ether oxygens (including phenoxy) is 2. The molecule has 3 rings (SSSR count). The minimum atomic E-state index is -0.190. The van der Waals surface area contributed by atoms with E-state index in [1.54, 1.807) is 0 Å². The number of benzene rings is 1. The van der Waals surface area contributed by atoms with E-state index in [0.717, 1.165) is 18.4 Å². The fourth-order valence-corrected chi connectivity index (χ4v) is 2.99. The molecule has 5 heteroatoms. The molecule has 0 spiro atoms. The quantitative estimate of drug-likeness (QED) is 0.905. The summed E-state index contributed by atoms with van der Waals surface area (Å²) in [6.45, 7) is 3.13. The van der Waals surface area contributed by atoms with Gasteiger partial charge in [0.2, 0.25) is 5.91 Å². The van der Waals surface area contributed by atoms with Gasteiger partial charge in [-0.15, -0.1) is 0 Å². The lowest BCUT2D eigenvalue weighted by atomic mass is 9.91. The molecular formula is C14H16ClNO3. The highest BCUT2D eigenvalue weighted by Gasteiger charge is 2.33. The number of amides is 1. The van der Waals surface area contributed by atoms with Gasteiger partial charge in [-0.05, 0) is 37.5 Å². The molecule has 2 aliphatic heterocycles. The molecule has 0 bridgehead atoms. The highest BCUT2D eigenvalue weighted by atomic mass is 35.5. The Balaban J connectivity index is 1.85. The summed E-state index contributed by atoms with van der Waals surface area (Å²) in [5.41, 5.74) is 0.864. The van der Waals surface area contributed by atoms with Crippen molar-refractivity contribution in [2.24, 2.45) is 0 Å². The molecule has 0 saturated carbocycles. The van der Waals surface area contributed by atoms with Crippen LogP contribution in [0.15, 0.2) is 12.1 Å². The van der Waals surface area contributed by atoms with Crippen LogP contribution in [-0.2, 0) is 11.2 Å². The molecule has 1 N–H and O–H groups in total. The summed E-state index contributed by atoms with van der Waals surface area (Å²) in [4.78, 5) is 11.4. The van der Waals surface area contributed by atoms with Crippen LogP contribution in [0.25, 0.3) is 0 Å². The Hall–Kier alpha value is -1.42. The molecule has 0 aliphatic carbocycles. The molecule has 19 heavy (non-hydrogen) atoms. The molecule has 102 valence electrons. The number of hydrogen-bond donors (Lipinski definition) is 1. The van der Waals surface area contributed by atoms with E-state index >= 15 is 0 Å². The van der Waals surface area contributed by atoms with Gasteiger partial charge in [-0.2, -0.15) is 0 Å². The average molecular weight is 282 g/mol. The second-order valence-electron chi connectivity index (χ2n) is 5.39. The van der Waals surface area contributed by atoms with E-state index < -0.39 is 0 Å². The number of halogens is 1. The Morgan fingerprint density at radius 2 is 2.16 bits per heavy atom. The molecule has 1 fully saturated rings. The molecule has 1 aromatic carbocycles. The van der Waals surface area contributed by atoms with Gasteiger partial charge in [-0.1, -0.05) is 11.6 Å². The molecule has 4 nitrogen and oxygen atoms in total. The summed E-state index contributed by atoms with van der Waals surface area (Å²) in [6.07, 6.45) is 2.18. The van der Waals surface area contributed by atoms with Crippen molar-refractivity contribution in [2.75, 3.05) is 13.2 Å². The molecule has 1 unspecified atom stereocenters. The number of carbonyl (C=O) groups excluding carboxylic acids is 1. The first-order chi connectivity index (χ1) is 9.06. The highest BCUT2D eigenvalue weighted by molar-refractivity contribution is 6.32. The maximum Gasteiger partial charge on any atom is 0.220 e. The lowest BCUT2D eigenvalue weighted by Crippen LogP contribution is -2.40. The monoisotopic (exact) mass is 281 g/mol. The molecule has 2 aliphatic rings. The third-order valence-electron chi connectivity index (χ3n) is 3.60. The number of rotatable bonds is 2. The summed E-state index contributed by atoms with van der Waals surface area (Å²) >= 11 is 6.21. The van der Waals surface area contributed by atoms with E-state index in [-0.39, 0.29) is 11.4 Å². The zero-order chi connectivity index (χ0) is 13.5. The molecule has 1 aromatic rings. The predicted molar refractivity (Wildman–Crippen MR) is 71.9 cm³/mol. The van der Waals surface area contributed by atoms with E-state index in [4.69, 9.17) is 21.1 Å². The van der Waals surface area contributed by atoms with E-state index in [0.29, 0.717) is 36.2 Å². The van der Waals surface area contributed by atoms with Crippen LogP contribution in [0.1, 0.15) is 25.3 Å². The van der Waals surface area contributed by atoms with Crippen LogP contribution in [-0.4, -0.2) is 24.7 Å². The van der Waals surface area contributed by atoms with Crippen molar-refractivity contribution >= 4 is 17.5 Å². The van der Waals surface area contributed by atoms with Crippen LogP contribution in [0.4, 0.5) is 0 Å². The highest BCUT2D eigenvalue weighted by Crippen LogP contribution is 2.39. The first kappa shape index (κ1) is 12.6. The van der Waals surface area contributed by atoms with Gasteiger partial charge in [0.05, 0.1) is 5.02 Å². The molecular weight excluding hydrogens is 266 g/mol. The lowest BCUT2D eigenvalue weighted by molar-refractivity contribution is -0.119. The first-order valence-corrected chi connectivity index (χ1v) is 6.83. The Kier molecular flexibility index (Phi) is 3.05. The van der Waals surface area contributed by atoms with Crippen molar-refractivity contribution in [3.63, 3.8) is 0 Å². The summed E-state index contributed by atoms with van der Waals surface area (Å²) in [5.74, 6) is 1.44. The van der Waals surface area contributed by atoms with Crippen LogP contribution in [0.3, 0.4) is 0 Å². The van der Waals surface area contributed by atoms with Gasteiger partial charge in [0.25, 0.3) is 0 Å². The third-order valence-corrected chi connectivity index (χ3v) is 3.88. The number of nitrogens with one attached hydrogen (secondary N) is 1. The summed E-state index contributed by atoms with van der Waals surface area (Å²) in [5, 5.41) is 3.59. The van der Waals surface area contributed by atoms with Crippen molar-refractivity contribution in [1.29, 1.82) is 0 Å². The van der Waals surface area contributed by atoms with Gasteiger partial charge in [0.1, 0.15) is 13.2 Å². The molecule has 2 heterocycles. The maximum absolute atomic E-state index is 11.4. The van der Waals surface area contributed by atoms with Crippen LogP contribution in [0.5, 0.6) is 11.5 Å². The van der Waals surface area contributed by atoms with E-state index in [1.165, 1.54) is 0 Å². The maximum atomic E-state index is 11.4. The Labute approximate surface area is 117 Å². The van der Waals surface area contributed by atoms with Crippen molar-refractivity contribution in [1.82, 2.24) is 5.32 Å². The van der Waals surface area contributed by atoms with Gasteiger partial charge in [-0.3, -0.25) is 4.79 Å². The molecule has 1 saturated heterocycles. The fourth-order valence-electron chi connectivity index (χ4n) is 2.70. The fraction of sp³-hybridized carbons (Fsp3) is 0.500. The Bertz CT molecular complexity index is 532. The number of hydrogen-bond acceptors (Lipinski definition) is 3. The second kappa shape index (κ2) is 4.60. The first-order valence-electron chi connectivity index (χ1n) is 6.45. The van der Waals surface area contributed by atoms with E-state index in [2.05, 4.69) is 12.2 Å². The lowest BCUT2D eigenvalue weighted by Gasteiger charge is -2.26. The van der Waals surface area contributed by atoms with Crippen LogP contribution in [0, 0.1) is 0 Å². The summed E-state index contributed by atoms with van der Waals surface area (Å²) in [6, 6.07) is 3.85. The molecule has 1 amide bonds. The van der Waals surface area contributed by atoms with Gasteiger partial charge in [0, 0.05) is 12.0 Å². The van der Waals surface area contributed by atoms with Crippen molar-refractivity contribution in [3.8, 4) is 11.5 Å². The predicted octanol–water partition coefficient (Wildman–Crippen LogP) is 2.32. The number of carbonyl (C=O) groups is 1. The second-order valence-corrected chi connectivity index (χ2v) is 5.79. The van der Waals surface area contributed by atoms with Crippen LogP contribution in [0.2, 0.25) is 5.02 Å². The zero-order valence-corrected chi connectivity index (χ0v) is 11.5. The van der Waals surface area contributed by atoms with E-state index in [1.807, 2.05) is 12.1 Å². The minimum Gasteiger partial charge on any atom is -0.486 e. The van der Waals surface area contributed by atoms with E-state index in [9.17, 15) is 4.79 Å². The standard InChI is InChI=1S/C14H16ClNO3/c1-14(3-2-12(17)16-14)8-9-6-10(15)13-11(7-9)18-4-5-19-13/h6-7H,2-5,8H2,1H3,(H,16,17). The normalized spacial score (nSPS) is 25.3. The van der Waals surface area contributed by atoms with Gasteiger partial charge >= 0.3 is 0 Å². The summed E-state index contributed by atoms with van der Waals surface area (Å²) in [7, 11) is 0. The van der Waals surface area contributed by atoms with Crippen molar-refractivity contribution in [3.05, 3.63) is 22.7 Å². The number of fused-ring (bicyclic) bond motifs is 1. The smallest absolute Gasteiger partial charge is 0.220 e. The van der Waals surface area contributed by atoms with Gasteiger partial charge < -0.3 is 14.8 Å². The minimum absolute atomic E-state index is 0.117. The van der Waals surface area contributed by atoms with Crippen LogP contribution < -0.4 is 14.8 Å². The Morgan fingerprint density at radius 3 is 2.89 bits per heavy atom. The van der Waals surface area contributed by atoms with Crippen molar-refractivity contribution in [2.45, 2.75) is 31.7 Å². The third kappa shape index (κ3) is 2.50. The largest absolute Gasteiger partial charge is 0.486 e. The van der Waals surface area contributed by atoms with Crippen molar-refractivity contribution < 1.29 is 14.3 Å². The zero-order valence-electron chi connectivity index (χ0n) is 10.8. The average Bonchev–Trinajstić information content (AvgIpc) is 2.69. The summed E-state index contributed by atoms with van der Waals surface area (Å²) < 4.78 is 11.1. The van der Waals surface area contributed by atoms with Gasteiger partial charge in [-0.25, -0.2) is 0 Å². The SMILES string of the molecule is CC1(Cc2cc(Cl)c3c(c2)OCCO3)CCC(=O)N1. The molecule has 1 atom stereocenters. The molecule has 0 radical (unpaired) electrons. The Morgan fingerprint density at radius 1 is 1.37 bits per heavy atom.